The fraction of sp³-hybridized carbons (Fsp3) is 0.462. The molecule has 100 valence electrons. The summed E-state index contributed by atoms with van der Waals surface area (Å²) in [4.78, 5) is 22.9. The SMILES string of the molecule is CC1CC(C(=O)O)CCN1c1ncnc2sccc12. The number of carbonyl (C=O) groups is 1. The van der Waals surface area contributed by atoms with Crippen molar-refractivity contribution in [3.8, 4) is 0 Å². The van der Waals surface area contributed by atoms with Crippen LogP contribution in [0.3, 0.4) is 0 Å². The average molecular weight is 277 g/mol. The first-order chi connectivity index (χ1) is 9.16. The summed E-state index contributed by atoms with van der Waals surface area (Å²) in [5, 5.41) is 12.2. The van der Waals surface area contributed by atoms with E-state index in [4.69, 9.17) is 5.11 Å². The van der Waals surface area contributed by atoms with Crippen LogP contribution in [0, 0.1) is 5.92 Å². The van der Waals surface area contributed by atoms with Crippen LogP contribution in [-0.4, -0.2) is 33.6 Å². The number of aliphatic carboxylic acids is 1. The lowest BCUT2D eigenvalue weighted by Gasteiger charge is -2.37. The molecule has 0 spiro atoms. The molecule has 1 fully saturated rings. The van der Waals surface area contributed by atoms with Gasteiger partial charge < -0.3 is 10.0 Å². The Balaban J connectivity index is 1.91. The fourth-order valence-electron chi connectivity index (χ4n) is 2.72. The van der Waals surface area contributed by atoms with Gasteiger partial charge in [-0.2, -0.15) is 0 Å². The number of fused-ring (bicyclic) bond motifs is 1. The summed E-state index contributed by atoms with van der Waals surface area (Å²) >= 11 is 1.60. The molecule has 2 aromatic rings. The van der Waals surface area contributed by atoms with Crippen LogP contribution in [0.25, 0.3) is 10.2 Å². The predicted octanol–water partition coefficient (Wildman–Crippen LogP) is 2.38. The lowest BCUT2D eigenvalue weighted by Crippen LogP contribution is -2.43. The van der Waals surface area contributed by atoms with Gasteiger partial charge in [-0.05, 0) is 31.2 Å². The molecular weight excluding hydrogens is 262 g/mol. The van der Waals surface area contributed by atoms with E-state index in [9.17, 15) is 4.79 Å². The summed E-state index contributed by atoms with van der Waals surface area (Å²) in [7, 11) is 0. The van der Waals surface area contributed by atoms with Gasteiger partial charge in [0.1, 0.15) is 17.0 Å². The van der Waals surface area contributed by atoms with Crippen molar-refractivity contribution in [3.63, 3.8) is 0 Å². The first kappa shape index (κ1) is 12.3. The zero-order valence-electron chi connectivity index (χ0n) is 10.6. The molecule has 0 aromatic carbocycles. The minimum absolute atomic E-state index is 0.188. The Kier molecular flexibility index (Phi) is 3.10. The van der Waals surface area contributed by atoms with E-state index >= 15 is 0 Å². The van der Waals surface area contributed by atoms with E-state index in [1.165, 1.54) is 0 Å². The number of carboxylic acids is 1. The van der Waals surface area contributed by atoms with Crippen LogP contribution >= 0.6 is 11.3 Å². The van der Waals surface area contributed by atoms with Crippen molar-refractivity contribution >= 4 is 33.3 Å². The molecule has 1 N–H and O–H groups in total. The van der Waals surface area contributed by atoms with E-state index in [2.05, 4.69) is 21.8 Å². The molecule has 0 amide bonds. The fourth-order valence-corrected chi connectivity index (χ4v) is 3.44. The summed E-state index contributed by atoms with van der Waals surface area (Å²) in [5.74, 6) is 0.0171. The Labute approximate surface area is 114 Å². The molecule has 1 aliphatic rings. The van der Waals surface area contributed by atoms with Crippen LogP contribution in [0.4, 0.5) is 5.82 Å². The molecule has 0 aliphatic carbocycles. The molecule has 2 atom stereocenters. The Bertz CT molecular complexity index is 613. The van der Waals surface area contributed by atoms with E-state index < -0.39 is 5.97 Å². The smallest absolute Gasteiger partial charge is 0.306 e. The van der Waals surface area contributed by atoms with Crippen LogP contribution in [0.15, 0.2) is 17.8 Å². The highest BCUT2D eigenvalue weighted by Gasteiger charge is 2.31. The number of aromatic nitrogens is 2. The van der Waals surface area contributed by atoms with Crippen molar-refractivity contribution < 1.29 is 9.90 Å². The van der Waals surface area contributed by atoms with Crippen LogP contribution in [-0.2, 0) is 4.79 Å². The van der Waals surface area contributed by atoms with Crippen LogP contribution in [0.1, 0.15) is 19.8 Å². The summed E-state index contributed by atoms with van der Waals surface area (Å²) < 4.78 is 0. The first-order valence-electron chi connectivity index (χ1n) is 6.34. The number of rotatable bonds is 2. The zero-order valence-corrected chi connectivity index (χ0v) is 11.4. The number of anilines is 1. The van der Waals surface area contributed by atoms with Gasteiger partial charge in [-0.15, -0.1) is 11.3 Å². The summed E-state index contributed by atoms with van der Waals surface area (Å²) in [6.07, 6.45) is 2.93. The van der Waals surface area contributed by atoms with Gasteiger partial charge in [-0.1, -0.05) is 0 Å². The Morgan fingerprint density at radius 1 is 1.53 bits per heavy atom. The van der Waals surface area contributed by atoms with Crippen LogP contribution in [0.2, 0.25) is 0 Å². The number of hydrogen-bond donors (Lipinski definition) is 1. The standard InChI is InChI=1S/C13H15N3O2S/c1-8-6-9(13(17)18)2-4-16(8)11-10-3-5-19-12(10)15-7-14-11/h3,5,7-9H,2,4,6H2,1H3,(H,17,18). The first-order valence-corrected chi connectivity index (χ1v) is 7.22. The van der Waals surface area contributed by atoms with Crippen molar-refractivity contribution in [1.82, 2.24) is 9.97 Å². The lowest BCUT2D eigenvalue weighted by molar-refractivity contribution is -0.142. The summed E-state index contributed by atoms with van der Waals surface area (Å²) in [6, 6.07) is 2.22. The summed E-state index contributed by atoms with van der Waals surface area (Å²) in [6.45, 7) is 2.80. The number of carboxylic acid groups (broad SMARTS) is 1. The maximum atomic E-state index is 11.1. The molecular formula is C13H15N3O2S. The number of hydrogen-bond acceptors (Lipinski definition) is 5. The van der Waals surface area contributed by atoms with E-state index in [-0.39, 0.29) is 12.0 Å². The zero-order chi connectivity index (χ0) is 13.4. The third-order valence-corrected chi connectivity index (χ3v) is 4.56. The molecule has 1 aliphatic heterocycles. The van der Waals surface area contributed by atoms with E-state index in [0.717, 1.165) is 22.6 Å². The normalized spacial score (nSPS) is 23.7. The predicted molar refractivity (Wildman–Crippen MR) is 74.6 cm³/mol. The van der Waals surface area contributed by atoms with Gasteiger partial charge >= 0.3 is 5.97 Å². The van der Waals surface area contributed by atoms with Crippen LogP contribution < -0.4 is 4.90 Å². The quantitative estimate of drug-likeness (QED) is 0.913. The number of nitrogens with zero attached hydrogens (tertiary/aromatic N) is 3. The molecule has 5 nitrogen and oxygen atoms in total. The van der Waals surface area contributed by atoms with Crippen molar-refractivity contribution in [3.05, 3.63) is 17.8 Å². The highest BCUT2D eigenvalue weighted by molar-refractivity contribution is 7.16. The van der Waals surface area contributed by atoms with Gasteiger partial charge in [0.05, 0.1) is 11.3 Å². The van der Waals surface area contributed by atoms with Gasteiger partial charge in [0.2, 0.25) is 0 Å². The molecule has 0 radical (unpaired) electrons. The minimum atomic E-state index is -0.685. The van der Waals surface area contributed by atoms with Crippen molar-refractivity contribution in [2.75, 3.05) is 11.4 Å². The second-order valence-corrected chi connectivity index (χ2v) is 5.83. The maximum absolute atomic E-state index is 11.1. The third-order valence-electron chi connectivity index (χ3n) is 3.74. The molecule has 0 saturated carbocycles. The van der Waals surface area contributed by atoms with Crippen molar-refractivity contribution in [2.24, 2.45) is 5.92 Å². The molecule has 2 unspecified atom stereocenters. The maximum Gasteiger partial charge on any atom is 0.306 e. The summed E-state index contributed by atoms with van der Waals surface area (Å²) in [5.41, 5.74) is 0. The Hall–Kier alpha value is -1.69. The second-order valence-electron chi connectivity index (χ2n) is 4.94. The van der Waals surface area contributed by atoms with Crippen LogP contribution in [0.5, 0.6) is 0 Å². The van der Waals surface area contributed by atoms with Gasteiger partial charge in [-0.3, -0.25) is 4.79 Å². The molecule has 2 aromatic heterocycles. The highest BCUT2D eigenvalue weighted by atomic mass is 32.1. The van der Waals surface area contributed by atoms with E-state index in [1.54, 1.807) is 17.7 Å². The van der Waals surface area contributed by atoms with Gasteiger partial charge in [0.25, 0.3) is 0 Å². The average Bonchev–Trinajstić information content (AvgIpc) is 2.86. The molecule has 1 saturated heterocycles. The lowest BCUT2D eigenvalue weighted by atomic mass is 9.91. The second kappa shape index (κ2) is 4.77. The number of piperidine rings is 1. The molecule has 19 heavy (non-hydrogen) atoms. The Morgan fingerprint density at radius 3 is 3.11 bits per heavy atom. The monoisotopic (exact) mass is 277 g/mol. The largest absolute Gasteiger partial charge is 0.481 e. The molecule has 3 heterocycles. The topological polar surface area (TPSA) is 66.3 Å². The molecule has 3 rings (SSSR count). The molecule has 0 bridgehead atoms. The van der Waals surface area contributed by atoms with Crippen molar-refractivity contribution in [2.45, 2.75) is 25.8 Å². The Morgan fingerprint density at radius 2 is 2.37 bits per heavy atom. The van der Waals surface area contributed by atoms with Crippen molar-refractivity contribution in [1.29, 1.82) is 0 Å². The number of thiophene rings is 1. The third kappa shape index (κ3) is 2.16. The molecule has 6 heteroatoms. The van der Waals surface area contributed by atoms with Gasteiger partial charge in [-0.25, -0.2) is 9.97 Å². The highest BCUT2D eigenvalue weighted by Crippen LogP contribution is 2.32. The van der Waals surface area contributed by atoms with Gasteiger partial charge in [0, 0.05) is 12.6 Å². The minimum Gasteiger partial charge on any atom is -0.481 e. The van der Waals surface area contributed by atoms with E-state index in [1.807, 2.05) is 11.4 Å². The van der Waals surface area contributed by atoms with Gasteiger partial charge in [0.15, 0.2) is 0 Å². The van der Waals surface area contributed by atoms with E-state index in [0.29, 0.717) is 12.8 Å².